The van der Waals surface area contributed by atoms with E-state index in [9.17, 15) is 18.0 Å². The Labute approximate surface area is 153 Å². The lowest BCUT2D eigenvalue weighted by atomic mass is 10.0. The summed E-state index contributed by atoms with van der Waals surface area (Å²) in [6.45, 7) is 4.06. The van der Waals surface area contributed by atoms with Gasteiger partial charge in [-0.2, -0.15) is 0 Å². The third-order valence-electron chi connectivity index (χ3n) is 3.93. The fourth-order valence-corrected chi connectivity index (χ4v) is 3.00. The lowest BCUT2D eigenvalue weighted by Crippen LogP contribution is -2.51. The van der Waals surface area contributed by atoms with Gasteiger partial charge in [0.25, 0.3) is 0 Å². The van der Waals surface area contributed by atoms with Crippen molar-refractivity contribution in [3.05, 3.63) is 24.3 Å². The highest BCUT2D eigenvalue weighted by atomic mass is 35.5. The van der Waals surface area contributed by atoms with Crippen LogP contribution in [0.2, 0.25) is 0 Å². The Hall–Kier alpha value is -1.68. The molecule has 1 atom stereocenters. The van der Waals surface area contributed by atoms with Crippen LogP contribution in [-0.2, 0) is 19.6 Å². The topological polar surface area (TPSA) is 136 Å². The van der Waals surface area contributed by atoms with Crippen LogP contribution in [0.15, 0.2) is 29.2 Å². The third kappa shape index (κ3) is 5.15. The predicted molar refractivity (Wildman–Crippen MR) is 96.8 cm³/mol. The maximum Gasteiger partial charge on any atom is 0.238 e. The normalized spacial score (nSPS) is 18.0. The fraction of sp³-hybridized carbons (Fsp3) is 0.467. The lowest BCUT2D eigenvalue weighted by Gasteiger charge is -2.26. The van der Waals surface area contributed by atoms with Crippen molar-refractivity contribution in [1.29, 1.82) is 0 Å². The fourth-order valence-electron chi connectivity index (χ4n) is 2.45. The Bertz CT molecular complexity index is 767. The summed E-state index contributed by atoms with van der Waals surface area (Å²) in [6, 6.07) is 5.80. The zero-order valence-electron chi connectivity index (χ0n) is 14.1. The maximum absolute atomic E-state index is 12.3. The van der Waals surface area contributed by atoms with E-state index in [0.29, 0.717) is 5.69 Å². The molecule has 1 heterocycles. The summed E-state index contributed by atoms with van der Waals surface area (Å²) in [5.41, 5.74) is 5.44. The minimum absolute atomic E-state index is 0. The molecule has 1 saturated heterocycles. The van der Waals surface area contributed by atoms with E-state index in [1.54, 1.807) is 19.9 Å². The van der Waals surface area contributed by atoms with Crippen LogP contribution >= 0.6 is 12.4 Å². The number of hydrogen-bond acceptors (Lipinski definition) is 5. The highest BCUT2D eigenvalue weighted by Gasteiger charge is 2.36. The molecular weight excluding hydrogens is 368 g/mol. The molecule has 8 nitrogen and oxygen atoms in total. The van der Waals surface area contributed by atoms with Gasteiger partial charge in [-0.25, -0.2) is 13.6 Å². The molecule has 1 aromatic carbocycles. The first-order chi connectivity index (χ1) is 11.0. The number of nitrogens with one attached hydrogen (secondary N) is 1. The monoisotopic (exact) mass is 390 g/mol. The molecule has 0 spiro atoms. The summed E-state index contributed by atoms with van der Waals surface area (Å²) in [7, 11) is -3.86. The quantitative estimate of drug-likeness (QED) is 0.648. The molecule has 1 aliphatic heterocycles. The Balaban J connectivity index is 0.00000312. The molecule has 25 heavy (non-hydrogen) atoms. The smallest absolute Gasteiger partial charge is 0.238 e. The van der Waals surface area contributed by atoms with Gasteiger partial charge in [0, 0.05) is 30.7 Å². The molecule has 1 fully saturated rings. The van der Waals surface area contributed by atoms with Crippen LogP contribution in [-0.4, -0.2) is 38.9 Å². The van der Waals surface area contributed by atoms with Crippen molar-refractivity contribution in [2.24, 2.45) is 16.8 Å². The zero-order valence-corrected chi connectivity index (χ0v) is 15.7. The Kier molecular flexibility index (Phi) is 6.57. The number of carbonyl (C=O) groups excluding carboxylic acids is 2. The molecular formula is C15H23ClN4O4S. The van der Waals surface area contributed by atoms with E-state index in [0.717, 1.165) is 0 Å². The zero-order chi connectivity index (χ0) is 18.1. The van der Waals surface area contributed by atoms with Crippen LogP contribution in [0.3, 0.4) is 0 Å². The summed E-state index contributed by atoms with van der Waals surface area (Å²) < 4.78 is 22.9. The van der Waals surface area contributed by atoms with Crippen molar-refractivity contribution in [2.45, 2.75) is 30.7 Å². The van der Waals surface area contributed by atoms with Gasteiger partial charge in [-0.15, -0.1) is 12.4 Å². The van der Waals surface area contributed by atoms with E-state index in [4.69, 9.17) is 10.9 Å². The molecule has 2 amide bonds. The van der Waals surface area contributed by atoms with E-state index in [1.807, 2.05) is 0 Å². The second-order valence-electron chi connectivity index (χ2n) is 6.53. The average Bonchev–Trinajstić information content (AvgIpc) is 2.88. The average molecular weight is 391 g/mol. The van der Waals surface area contributed by atoms with Gasteiger partial charge in [0.2, 0.25) is 21.8 Å². The van der Waals surface area contributed by atoms with E-state index < -0.39 is 21.5 Å². The molecule has 0 radical (unpaired) electrons. The molecule has 0 bridgehead atoms. The maximum atomic E-state index is 12.3. The number of primary sulfonamides is 1. The highest BCUT2D eigenvalue weighted by Crippen LogP contribution is 2.27. The second kappa shape index (κ2) is 7.69. The molecule has 0 aromatic heterocycles. The predicted octanol–water partition coefficient (Wildman–Crippen LogP) is -0.0378. The highest BCUT2D eigenvalue weighted by molar-refractivity contribution is 7.89. The minimum atomic E-state index is -3.86. The number of nitrogens with two attached hydrogens (primary N) is 2. The van der Waals surface area contributed by atoms with Crippen LogP contribution in [0, 0.1) is 5.92 Å². The van der Waals surface area contributed by atoms with Crippen molar-refractivity contribution in [1.82, 2.24) is 5.32 Å². The molecule has 2 rings (SSSR count). The third-order valence-corrected chi connectivity index (χ3v) is 4.84. The van der Waals surface area contributed by atoms with Gasteiger partial charge in [-0.05, 0) is 32.0 Å². The molecule has 0 aliphatic carbocycles. The molecule has 10 heteroatoms. The largest absolute Gasteiger partial charge is 0.350 e. The Morgan fingerprint density at radius 2 is 2.04 bits per heavy atom. The van der Waals surface area contributed by atoms with E-state index in [2.05, 4.69) is 5.32 Å². The number of rotatable bonds is 5. The first kappa shape index (κ1) is 21.4. The molecule has 1 unspecified atom stereocenters. The van der Waals surface area contributed by atoms with Crippen molar-refractivity contribution in [2.75, 3.05) is 18.0 Å². The number of hydrogen-bond donors (Lipinski definition) is 3. The number of sulfonamides is 1. The molecule has 5 N–H and O–H groups in total. The van der Waals surface area contributed by atoms with Crippen molar-refractivity contribution < 1.29 is 18.0 Å². The van der Waals surface area contributed by atoms with Crippen molar-refractivity contribution >= 4 is 39.9 Å². The number of halogens is 1. The van der Waals surface area contributed by atoms with Crippen LogP contribution in [0.25, 0.3) is 0 Å². The van der Waals surface area contributed by atoms with Gasteiger partial charge in [-0.1, -0.05) is 6.07 Å². The van der Waals surface area contributed by atoms with Gasteiger partial charge < -0.3 is 16.0 Å². The summed E-state index contributed by atoms with van der Waals surface area (Å²) in [4.78, 5) is 25.9. The number of anilines is 1. The summed E-state index contributed by atoms with van der Waals surface area (Å²) in [5.74, 6) is -1.00. The number of amides is 2. The van der Waals surface area contributed by atoms with E-state index in [1.165, 1.54) is 23.1 Å². The minimum Gasteiger partial charge on any atom is -0.350 e. The van der Waals surface area contributed by atoms with Crippen LogP contribution in [0.5, 0.6) is 0 Å². The Morgan fingerprint density at radius 1 is 1.40 bits per heavy atom. The van der Waals surface area contributed by atoms with E-state index in [-0.39, 0.29) is 48.6 Å². The summed E-state index contributed by atoms with van der Waals surface area (Å²) in [6.07, 6.45) is 0.0616. The molecule has 1 aliphatic rings. The van der Waals surface area contributed by atoms with Gasteiger partial charge in [-0.3, -0.25) is 9.59 Å². The summed E-state index contributed by atoms with van der Waals surface area (Å²) >= 11 is 0. The van der Waals surface area contributed by atoms with Crippen molar-refractivity contribution in [3.63, 3.8) is 0 Å². The van der Waals surface area contributed by atoms with Crippen molar-refractivity contribution in [3.8, 4) is 0 Å². The Morgan fingerprint density at radius 3 is 2.60 bits per heavy atom. The van der Waals surface area contributed by atoms with Gasteiger partial charge >= 0.3 is 0 Å². The molecule has 140 valence electrons. The van der Waals surface area contributed by atoms with Gasteiger partial charge in [0.1, 0.15) is 0 Å². The SMILES string of the molecule is CC(C)(CN)NC(=O)C1CC(=O)N(c2cccc(S(N)(=O)=O)c2)C1.Cl. The van der Waals surface area contributed by atoms with Crippen LogP contribution < -0.4 is 21.1 Å². The number of carbonyl (C=O) groups is 2. The first-order valence-corrected chi connectivity index (χ1v) is 9.03. The number of nitrogens with zero attached hydrogens (tertiary/aromatic N) is 1. The second-order valence-corrected chi connectivity index (χ2v) is 8.09. The van der Waals surface area contributed by atoms with Gasteiger partial charge in [0.05, 0.1) is 10.8 Å². The molecule has 0 saturated carbocycles. The molecule has 1 aromatic rings. The standard InChI is InChI=1S/C15H22N4O4S.ClH/c1-15(2,9-16)18-14(21)10-6-13(20)19(8-10)11-4-3-5-12(7-11)24(17,22)23;/h3-5,7,10H,6,8-9,16H2,1-2H3,(H,18,21)(H2,17,22,23);1H. The van der Waals surface area contributed by atoms with Crippen LogP contribution in [0.1, 0.15) is 20.3 Å². The number of benzene rings is 1. The first-order valence-electron chi connectivity index (χ1n) is 7.49. The van der Waals surface area contributed by atoms with Crippen LogP contribution in [0.4, 0.5) is 5.69 Å². The lowest BCUT2D eigenvalue weighted by molar-refractivity contribution is -0.127. The van der Waals surface area contributed by atoms with E-state index >= 15 is 0 Å². The summed E-state index contributed by atoms with van der Waals surface area (Å²) in [5, 5.41) is 7.93. The van der Waals surface area contributed by atoms with Gasteiger partial charge in [0.15, 0.2) is 0 Å².